The number of anilines is 1. The molecule has 0 aliphatic heterocycles. The van der Waals surface area contributed by atoms with Crippen LogP contribution in [0.15, 0.2) is 18.2 Å². The Morgan fingerprint density at radius 3 is 2.06 bits per heavy atom. The summed E-state index contributed by atoms with van der Waals surface area (Å²) < 4.78 is 12.9. The molecule has 4 nitrogen and oxygen atoms in total. The van der Waals surface area contributed by atoms with Gasteiger partial charge >= 0.3 is 0 Å². The van der Waals surface area contributed by atoms with Crippen molar-refractivity contribution in [3.05, 3.63) is 46.1 Å². The van der Waals surface area contributed by atoms with Gasteiger partial charge in [-0.2, -0.15) is 0 Å². The van der Waals surface area contributed by atoms with E-state index in [0.717, 1.165) is 40.2 Å². The summed E-state index contributed by atoms with van der Waals surface area (Å²) in [6, 6.07) is 6.64. The molecule has 0 saturated carbocycles. The number of ether oxygens (including phenoxy) is 1. The molecule has 31 heavy (non-hydrogen) atoms. The molecule has 0 aliphatic carbocycles. The first-order chi connectivity index (χ1) is 14.3. The average molecular weight is 443 g/mol. The molecule has 0 radical (unpaired) electrons. The van der Waals surface area contributed by atoms with Crippen LogP contribution in [0, 0.1) is 40.0 Å². The first-order valence-corrected chi connectivity index (χ1v) is 14.3. The molecule has 2 rings (SSSR count). The first kappa shape index (κ1) is 25.4. The van der Waals surface area contributed by atoms with E-state index in [1.165, 1.54) is 5.56 Å². The lowest BCUT2D eigenvalue weighted by atomic mass is 9.83. The molecule has 2 unspecified atom stereocenters. The van der Waals surface area contributed by atoms with Crippen LogP contribution in [-0.4, -0.2) is 26.2 Å². The minimum absolute atomic E-state index is 0.0520. The Balaban J connectivity index is 2.41. The predicted octanol–water partition coefficient (Wildman–Crippen LogP) is 7.02. The van der Waals surface area contributed by atoms with Gasteiger partial charge < -0.3 is 14.5 Å². The van der Waals surface area contributed by atoms with Gasteiger partial charge in [0.05, 0.1) is 12.1 Å². The number of pyridine rings is 1. The molecule has 172 valence electrons. The van der Waals surface area contributed by atoms with Gasteiger partial charge in [-0.25, -0.2) is 4.98 Å². The minimum Gasteiger partial charge on any atom is -0.438 e. The van der Waals surface area contributed by atoms with Crippen LogP contribution in [0.1, 0.15) is 62.1 Å². The molecule has 0 spiro atoms. The number of hydrogen-bond acceptors (Lipinski definition) is 4. The van der Waals surface area contributed by atoms with Gasteiger partial charge in [0.1, 0.15) is 5.75 Å². The van der Waals surface area contributed by atoms with Gasteiger partial charge in [0.25, 0.3) is 0 Å². The standard InChI is InChI=1S/C26H42N2O2Si/c1-12-21(24(26(7,8)9)30-31(10)11)28-22-15-19(5)27-25(20(22)6)29-23-17(3)13-16(2)14-18(23)4/h13-15,21,24,31H,12H2,1-11H3,(H,27,28). The lowest BCUT2D eigenvalue weighted by molar-refractivity contribution is 0.0675. The Hall–Kier alpha value is -1.85. The van der Waals surface area contributed by atoms with Crippen molar-refractivity contribution in [2.75, 3.05) is 5.32 Å². The zero-order valence-electron chi connectivity index (χ0n) is 21.4. The van der Waals surface area contributed by atoms with Gasteiger partial charge in [-0.3, -0.25) is 0 Å². The Morgan fingerprint density at radius 1 is 1.00 bits per heavy atom. The smallest absolute Gasteiger partial charge is 0.224 e. The van der Waals surface area contributed by atoms with Crippen LogP contribution >= 0.6 is 0 Å². The monoisotopic (exact) mass is 442 g/mol. The summed E-state index contributed by atoms with van der Waals surface area (Å²) in [7, 11) is -1.18. The molecular formula is C26H42N2O2Si. The third-order valence-corrected chi connectivity index (χ3v) is 6.42. The van der Waals surface area contributed by atoms with Gasteiger partial charge in [-0.15, -0.1) is 0 Å². The summed E-state index contributed by atoms with van der Waals surface area (Å²) in [6.45, 7) is 23.9. The van der Waals surface area contributed by atoms with E-state index in [1.54, 1.807) is 0 Å². The lowest BCUT2D eigenvalue weighted by Crippen LogP contribution is -2.46. The quantitative estimate of drug-likeness (QED) is 0.446. The van der Waals surface area contributed by atoms with Gasteiger partial charge in [-0.05, 0) is 76.7 Å². The van der Waals surface area contributed by atoms with Crippen LogP contribution in [-0.2, 0) is 4.43 Å². The maximum Gasteiger partial charge on any atom is 0.224 e. The van der Waals surface area contributed by atoms with E-state index < -0.39 is 9.04 Å². The van der Waals surface area contributed by atoms with E-state index in [1.807, 2.05) is 6.92 Å². The number of nitrogens with one attached hydrogen (secondary N) is 1. The molecule has 5 heteroatoms. The molecule has 2 atom stereocenters. The van der Waals surface area contributed by atoms with Crippen molar-refractivity contribution < 1.29 is 9.16 Å². The largest absolute Gasteiger partial charge is 0.438 e. The van der Waals surface area contributed by atoms with Crippen molar-refractivity contribution in [1.82, 2.24) is 4.98 Å². The van der Waals surface area contributed by atoms with E-state index in [4.69, 9.17) is 14.1 Å². The van der Waals surface area contributed by atoms with E-state index in [-0.39, 0.29) is 17.6 Å². The summed E-state index contributed by atoms with van der Waals surface area (Å²) in [5.74, 6) is 1.56. The molecule has 1 heterocycles. The Labute approximate surface area is 191 Å². The Morgan fingerprint density at radius 2 is 1.58 bits per heavy atom. The van der Waals surface area contributed by atoms with E-state index in [0.29, 0.717) is 5.88 Å². The maximum atomic E-state index is 6.51. The average Bonchev–Trinajstić information content (AvgIpc) is 2.63. The predicted molar refractivity (Wildman–Crippen MR) is 135 cm³/mol. The fourth-order valence-corrected chi connectivity index (χ4v) is 5.35. The van der Waals surface area contributed by atoms with Crippen LogP contribution in [0.2, 0.25) is 13.1 Å². The van der Waals surface area contributed by atoms with Crippen LogP contribution in [0.4, 0.5) is 5.69 Å². The SMILES string of the molecule is CCC(Nc1cc(C)nc(Oc2c(C)cc(C)cc2C)c1C)C(O[SiH](C)C)C(C)(C)C. The van der Waals surface area contributed by atoms with E-state index >= 15 is 0 Å². The van der Waals surface area contributed by atoms with Crippen LogP contribution in [0.3, 0.4) is 0 Å². The molecule has 0 saturated heterocycles. The number of benzene rings is 1. The molecular weight excluding hydrogens is 400 g/mol. The molecule has 1 N–H and O–H groups in total. The second kappa shape index (κ2) is 10.2. The van der Waals surface area contributed by atoms with Crippen molar-refractivity contribution >= 4 is 14.7 Å². The summed E-state index contributed by atoms with van der Waals surface area (Å²) in [6.07, 6.45) is 1.12. The number of hydrogen-bond donors (Lipinski definition) is 1. The fourth-order valence-electron chi connectivity index (χ4n) is 4.17. The highest BCUT2D eigenvalue weighted by Crippen LogP contribution is 2.35. The third kappa shape index (κ3) is 6.56. The molecule has 1 aromatic carbocycles. The summed E-state index contributed by atoms with van der Waals surface area (Å²) in [5.41, 5.74) is 6.58. The first-order valence-electron chi connectivity index (χ1n) is 11.5. The van der Waals surface area contributed by atoms with Crippen LogP contribution in [0.5, 0.6) is 11.6 Å². The third-order valence-electron chi connectivity index (χ3n) is 5.58. The molecule has 1 aromatic heterocycles. The Bertz CT molecular complexity index is 880. The summed E-state index contributed by atoms with van der Waals surface area (Å²) in [5, 5.41) is 3.79. The van der Waals surface area contributed by atoms with Gasteiger partial charge in [-0.1, -0.05) is 45.4 Å². The molecule has 0 amide bonds. The molecule has 2 aromatic rings. The van der Waals surface area contributed by atoms with E-state index in [9.17, 15) is 0 Å². The van der Waals surface area contributed by atoms with E-state index in [2.05, 4.69) is 92.0 Å². The van der Waals surface area contributed by atoms with Gasteiger partial charge in [0, 0.05) is 16.9 Å². The molecule has 0 fully saturated rings. The van der Waals surface area contributed by atoms with Crippen LogP contribution in [0.25, 0.3) is 0 Å². The van der Waals surface area contributed by atoms with Gasteiger partial charge in [0.2, 0.25) is 5.88 Å². The number of aromatic nitrogens is 1. The highest BCUT2D eigenvalue weighted by Gasteiger charge is 2.33. The minimum atomic E-state index is -1.18. The Kier molecular flexibility index (Phi) is 8.34. The van der Waals surface area contributed by atoms with Gasteiger partial charge in [0.15, 0.2) is 9.04 Å². The summed E-state index contributed by atoms with van der Waals surface area (Å²) in [4.78, 5) is 4.72. The zero-order valence-corrected chi connectivity index (χ0v) is 22.6. The summed E-state index contributed by atoms with van der Waals surface area (Å²) >= 11 is 0. The number of rotatable bonds is 8. The molecule has 0 bridgehead atoms. The van der Waals surface area contributed by atoms with Crippen molar-refractivity contribution in [2.24, 2.45) is 5.41 Å². The normalized spacial score (nSPS) is 13.9. The number of aryl methyl sites for hydroxylation is 4. The van der Waals surface area contributed by atoms with Crippen molar-refractivity contribution in [2.45, 2.75) is 94.0 Å². The fraction of sp³-hybridized carbons (Fsp3) is 0.577. The molecule has 0 aliphatic rings. The lowest BCUT2D eigenvalue weighted by Gasteiger charge is -2.39. The topological polar surface area (TPSA) is 43.4 Å². The number of nitrogens with zero attached hydrogens (tertiary/aromatic N) is 1. The second-order valence-corrected chi connectivity index (χ2v) is 12.6. The zero-order chi connectivity index (χ0) is 23.5. The van der Waals surface area contributed by atoms with Crippen molar-refractivity contribution in [3.8, 4) is 11.6 Å². The van der Waals surface area contributed by atoms with Crippen molar-refractivity contribution in [3.63, 3.8) is 0 Å². The highest BCUT2D eigenvalue weighted by atomic mass is 28.3. The highest BCUT2D eigenvalue weighted by molar-refractivity contribution is 6.48. The van der Waals surface area contributed by atoms with Crippen molar-refractivity contribution in [1.29, 1.82) is 0 Å². The second-order valence-electron chi connectivity index (χ2n) is 10.2. The van der Waals surface area contributed by atoms with Crippen LogP contribution < -0.4 is 10.1 Å². The maximum absolute atomic E-state index is 6.51.